The first-order valence-corrected chi connectivity index (χ1v) is 6.77. The largest absolute Gasteiger partial charge is 0.462 e. The Hall–Kier alpha value is -2.36. The summed E-state index contributed by atoms with van der Waals surface area (Å²) in [6.45, 7) is 4.14. The fourth-order valence-electron chi connectivity index (χ4n) is 2.63. The summed E-state index contributed by atoms with van der Waals surface area (Å²) in [6, 6.07) is 12.2. The van der Waals surface area contributed by atoms with E-state index < -0.39 is 0 Å². The quantitative estimate of drug-likeness (QED) is 0.833. The van der Waals surface area contributed by atoms with Crippen molar-refractivity contribution in [3.8, 4) is 11.5 Å². The zero-order chi connectivity index (χ0) is 13.7. The number of fused-ring (bicyclic) bond motifs is 2. The number of hydrogen-bond donors (Lipinski definition) is 2. The van der Waals surface area contributed by atoms with Crippen molar-refractivity contribution in [1.82, 2.24) is 0 Å². The van der Waals surface area contributed by atoms with Crippen LogP contribution < -0.4 is 20.1 Å². The fourth-order valence-corrected chi connectivity index (χ4v) is 2.63. The molecule has 2 aromatic carbocycles. The maximum absolute atomic E-state index is 5.91. The molecule has 2 heterocycles. The van der Waals surface area contributed by atoms with Gasteiger partial charge in [0.2, 0.25) is 12.5 Å². The molecule has 4 rings (SSSR count). The zero-order valence-electron chi connectivity index (χ0n) is 11.4. The molecule has 0 radical (unpaired) electrons. The molecular formula is C16H16N2O2. The van der Waals surface area contributed by atoms with Gasteiger partial charge in [-0.05, 0) is 49.2 Å². The summed E-state index contributed by atoms with van der Waals surface area (Å²) in [6.07, 6.45) is -0.445. The van der Waals surface area contributed by atoms with Crippen LogP contribution in [0.25, 0.3) is 0 Å². The van der Waals surface area contributed by atoms with Crippen LogP contribution in [0, 0.1) is 13.8 Å². The lowest BCUT2D eigenvalue weighted by Crippen LogP contribution is -2.41. The van der Waals surface area contributed by atoms with E-state index in [9.17, 15) is 0 Å². The minimum Gasteiger partial charge on any atom is -0.462 e. The van der Waals surface area contributed by atoms with Gasteiger partial charge < -0.3 is 20.1 Å². The fraction of sp³-hybridized carbons (Fsp3) is 0.250. The average molecular weight is 268 g/mol. The van der Waals surface area contributed by atoms with Gasteiger partial charge in [0.1, 0.15) is 11.5 Å². The number of hydrogen-bond acceptors (Lipinski definition) is 4. The number of aryl methyl sites for hydroxylation is 2. The van der Waals surface area contributed by atoms with Crippen LogP contribution in [0.4, 0.5) is 11.4 Å². The highest BCUT2D eigenvalue weighted by atomic mass is 16.6. The van der Waals surface area contributed by atoms with Gasteiger partial charge in [-0.3, -0.25) is 0 Å². The number of ether oxygens (including phenoxy) is 2. The van der Waals surface area contributed by atoms with E-state index in [1.54, 1.807) is 0 Å². The van der Waals surface area contributed by atoms with Crippen LogP contribution in [0.15, 0.2) is 36.4 Å². The van der Waals surface area contributed by atoms with E-state index in [-0.39, 0.29) is 12.5 Å². The molecule has 0 spiro atoms. The van der Waals surface area contributed by atoms with Gasteiger partial charge in [-0.15, -0.1) is 0 Å². The van der Waals surface area contributed by atoms with Crippen molar-refractivity contribution in [1.29, 1.82) is 0 Å². The van der Waals surface area contributed by atoms with E-state index in [2.05, 4.69) is 36.6 Å². The molecule has 0 saturated carbocycles. The van der Waals surface area contributed by atoms with Gasteiger partial charge in [0.15, 0.2) is 0 Å². The van der Waals surface area contributed by atoms with E-state index in [0.29, 0.717) is 0 Å². The molecule has 0 bridgehead atoms. The van der Waals surface area contributed by atoms with Gasteiger partial charge in [-0.25, -0.2) is 0 Å². The molecule has 4 heteroatoms. The Kier molecular flexibility index (Phi) is 2.33. The molecule has 2 aliphatic heterocycles. The number of anilines is 2. The van der Waals surface area contributed by atoms with E-state index in [1.165, 1.54) is 11.1 Å². The smallest absolute Gasteiger partial charge is 0.226 e. The lowest BCUT2D eigenvalue weighted by atomic mass is 10.2. The predicted molar refractivity (Wildman–Crippen MR) is 78.4 cm³/mol. The van der Waals surface area contributed by atoms with E-state index in [0.717, 1.165) is 22.9 Å². The third-order valence-corrected chi connectivity index (χ3v) is 3.65. The van der Waals surface area contributed by atoms with E-state index >= 15 is 0 Å². The highest BCUT2D eigenvalue weighted by Gasteiger charge is 2.35. The van der Waals surface area contributed by atoms with Crippen molar-refractivity contribution < 1.29 is 9.47 Å². The molecule has 0 amide bonds. The van der Waals surface area contributed by atoms with Gasteiger partial charge in [-0.2, -0.15) is 0 Å². The second-order valence-corrected chi connectivity index (χ2v) is 5.36. The summed E-state index contributed by atoms with van der Waals surface area (Å²) in [5.41, 5.74) is 4.46. The van der Waals surface area contributed by atoms with Gasteiger partial charge in [0, 0.05) is 0 Å². The molecule has 0 aromatic heterocycles. The molecule has 2 aromatic rings. The topological polar surface area (TPSA) is 42.5 Å². The highest BCUT2D eigenvalue weighted by Crippen LogP contribution is 2.38. The second kappa shape index (κ2) is 4.07. The first kappa shape index (κ1) is 11.5. The first-order chi connectivity index (χ1) is 9.69. The van der Waals surface area contributed by atoms with Crippen molar-refractivity contribution in [3.05, 3.63) is 47.5 Å². The normalized spacial score (nSPS) is 22.1. The van der Waals surface area contributed by atoms with Crippen LogP contribution in [0.1, 0.15) is 11.1 Å². The van der Waals surface area contributed by atoms with Crippen molar-refractivity contribution in [3.63, 3.8) is 0 Å². The summed E-state index contributed by atoms with van der Waals surface area (Å²) in [4.78, 5) is 0. The molecular weight excluding hydrogens is 252 g/mol. The number of benzene rings is 2. The zero-order valence-corrected chi connectivity index (χ0v) is 11.4. The maximum atomic E-state index is 5.91. The Morgan fingerprint density at radius 3 is 1.65 bits per heavy atom. The summed E-state index contributed by atoms with van der Waals surface area (Å²) >= 11 is 0. The van der Waals surface area contributed by atoms with Crippen LogP contribution in [-0.4, -0.2) is 12.5 Å². The van der Waals surface area contributed by atoms with Crippen molar-refractivity contribution in [2.45, 2.75) is 26.3 Å². The van der Waals surface area contributed by atoms with Crippen LogP contribution in [0.2, 0.25) is 0 Å². The Balaban J connectivity index is 1.55. The Bertz CT molecular complexity index is 625. The first-order valence-electron chi connectivity index (χ1n) is 6.77. The van der Waals surface area contributed by atoms with Gasteiger partial charge in [0.05, 0.1) is 11.4 Å². The lowest BCUT2D eigenvalue weighted by molar-refractivity contribution is 0.113. The number of nitrogens with one attached hydrogen (secondary N) is 2. The van der Waals surface area contributed by atoms with Crippen molar-refractivity contribution in [2.24, 2.45) is 0 Å². The van der Waals surface area contributed by atoms with Crippen LogP contribution >= 0.6 is 0 Å². The van der Waals surface area contributed by atoms with Gasteiger partial charge >= 0.3 is 0 Å². The molecule has 0 saturated heterocycles. The minimum atomic E-state index is -0.223. The molecule has 2 aliphatic rings. The van der Waals surface area contributed by atoms with E-state index in [4.69, 9.17) is 9.47 Å². The molecule has 20 heavy (non-hydrogen) atoms. The monoisotopic (exact) mass is 268 g/mol. The number of rotatable bonds is 1. The highest BCUT2D eigenvalue weighted by molar-refractivity contribution is 5.65. The summed E-state index contributed by atoms with van der Waals surface area (Å²) < 4.78 is 11.8. The van der Waals surface area contributed by atoms with Gasteiger partial charge in [-0.1, -0.05) is 12.1 Å². The van der Waals surface area contributed by atoms with Crippen molar-refractivity contribution in [2.75, 3.05) is 10.6 Å². The summed E-state index contributed by atoms with van der Waals surface area (Å²) in [5, 5.41) is 6.71. The SMILES string of the molecule is Cc1ccc2c(c1)NC(C1Nc3cc(C)ccc3O1)O2. The lowest BCUT2D eigenvalue weighted by Gasteiger charge is -2.18. The summed E-state index contributed by atoms with van der Waals surface area (Å²) in [7, 11) is 0. The van der Waals surface area contributed by atoms with Crippen LogP contribution in [0.5, 0.6) is 11.5 Å². The molecule has 0 aliphatic carbocycles. The molecule has 2 N–H and O–H groups in total. The van der Waals surface area contributed by atoms with E-state index in [1.807, 2.05) is 24.3 Å². The Morgan fingerprint density at radius 2 is 1.20 bits per heavy atom. The Labute approximate surface area is 117 Å². The van der Waals surface area contributed by atoms with Crippen molar-refractivity contribution >= 4 is 11.4 Å². The van der Waals surface area contributed by atoms with Crippen LogP contribution in [0.3, 0.4) is 0 Å². The Morgan fingerprint density at radius 1 is 0.750 bits per heavy atom. The third kappa shape index (κ3) is 1.76. The maximum Gasteiger partial charge on any atom is 0.226 e. The molecule has 4 nitrogen and oxygen atoms in total. The predicted octanol–water partition coefficient (Wildman–Crippen LogP) is 3.26. The van der Waals surface area contributed by atoms with Gasteiger partial charge in [0.25, 0.3) is 0 Å². The summed E-state index contributed by atoms with van der Waals surface area (Å²) in [5.74, 6) is 1.75. The minimum absolute atomic E-state index is 0.223. The molecule has 0 fully saturated rings. The average Bonchev–Trinajstić information content (AvgIpc) is 3.00. The van der Waals surface area contributed by atoms with Crippen LogP contribution in [-0.2, 0) is 0 Å². The molecule has 2 atom stereocenters. The second-order valence-electron chi connectivity index (χ2n) is 5.36. The standard InChI is InChI=1S/C16H16N2O2/c1-9-3-5-13-11(7-9)17-15(19-13)16-18-12-8-10(2)4-6-14(12)20-16/h3-8,15-18H,1-2H3. The molecule has 102 valence electrons. The third-order valence-electron chi connectivity index (χ3n) is 3.65. The molecule has 2 unspecified atom stereocenters.